The number of methoxy groups -OCH3 is 1. The van der Waals surface area contributed by atoms with Crippen molar-refractivity contribution >= 4 is 21.6 Å². The average Bonchev–Trinajstić information content (AvgIpc) is 2.42. The Morgan fingerprint density at radius 1 is 1.32 bits per heavy atom. The van der Waals surface area contributed by atoms with Crippen LogP contribution in [-0.4, -0.2) is 12.1 Å². The van der Waals surface area contributed by atoms with Crippen molar-refractivity contribution in [3.05, 3.63) is 52.3 Å². The van der Waals surface area contributed by atoms with Gasteiger partial charge in [-0.2, -0.15) is 0 Å². The van der Waals surface area contributed by atoms with Crippen molar-refractivity contribution in [1.29, 1.82) is 0 Å². The molecule has 1 atom stereocenters. The summed E-state index contributed by atoms with van der Waals surface area (Å²) in [6.45, 7) is 4.14. The van der Waals surface area contributed by atoms with E-state index < -0.39 is 0 Å². The van der Waals surface area contributed by atoms with Gasteiger partial charge in [0.1, 0.15) is 5.75 Å². The van der Waals surface area contributed by atoms with Crippen molar-refractivity contribution in [2.24, 2.45) is 0 Å². The molecule has 1 aromatic heterocycles. The Bertz CT molecular complexity index is 558. The Balaban J connectivity index is 2.28. The molecule has 0 aliphatic rings. The maximum atomic E-state index is 5.43. The summed E-state index contributed by atoms with van der Waals surface area (Å²) in [5.41, 5.74) is 3.14. The number of nitrogens with zero attached hydrogens (tertiary/aromatic N) is 1. The Labute approximate surface area is 122 Å². The monoisotopic (exact) mass is 320 g/mol. The fourth-order valence-electron chi connectivity index (χ4n) is 1.98. The number of benzene rings is 1. The van der Waals surface area contributed by atoms with E-state index in [9.17, 15) is 0 Å². The summed E-state index contributed by atoms with van der Waals surface area (Å²) < 4.78 is 6.44. The standard InChI is InChI=1S/C15H17BrN2O/c1-10-8-12(16)9-14(19-3)15(10)18-11(2)13-6-4-5-7-17-13/h4-9,11,18H,1-3H3. The molecule has 0 bridgehead atoms. The van der Waals surface area contributed by atoms with Gasteiger partial charge in [-0.05, 0) is 43.7 Å². The predicted octanol–water partition coefficient (Wildman–Crippen LogP) is 4.33. The fraction of sp³-hybridized carbons (Fsp3) is 0.267. The molecule has 0 fully saturated rings. The third kappa shape index (κ3) is 3.26. The first-order chi connectivity index (χ1) is 9.11. The van der Waals surface area contributed by atoms with Crippen molar-refractivity contribution in [2.45, 2.75) is 19.9 Å². The van der Waals surface area contributed by atoms with E-state index in [1.54, 1.807) is 13.3 Å². The van der Waals surface area contributed by atoms with Crippen LogP contribution in [0, 0.1) is 6.92 Å². The first-order valence-corrected chi connectivity index (χ1v) is 6.92. The molecule has 3 nitrogen and oxygen atoms in total. The molecule has 1 N–H and O–H groups in total. The van der Waals surface area contributed by atoms with Crippen LogP contribution < -0.4 is 10.1 Å². The molecule has 4 heteroatoms. The molecule has 0 radical (unpaired) electrons. The highest BCUT2D eigenvalue weighted by molar-refractivity contribution is 9.10. The number of aromatic nitrogens is 1. The van der Waals surface area contributed by atoms with E-state index in [1.165, 1.54) is 0 Å². The minimum absolute atomic E-state index is 0.120. The van der Waals surface area contributed by atoms with Crippen molar-refractivity contribution in [3.8, 4) is 5.75 Å². The molecule has 0 saturated heterocycles. The van der Waals surface area contributed by atoms with Crippen molar-refractivity contribution in [3.63, 3.8) is 0 Å². The molecule has 0 saturated carbocycles. The van der Waals surface area contributed by atoms with Crippen LogP contribution in [0.3, 0.4) is 0 Å². The molecule has 0 aliphatic heterocycles. The van der Waals surface area contributed by atoms with E-state index in [4.69, 9.17) is 4.74 Å². The van der Waals surface area contributed by atoms with Gasteiger partial charge in [-0.1, -0.05) is 22.0 Å². The van der Waals surface area contributed by atoms with E-state index in [2.05, 4.69) is 46.1 Å². The summed E-state index contributed by atoms with van der Waals surface area (Å²) >= 11 is 3.48. The van der Waals surface area contributed by atoms with Crippen molar-refractivity contribution in [1.82, 2.24) is 4.98 Å². The van der Waals surface area contributed by atoms with Gasteiger partial charge in [0.15, 0.2) is 0 Å². The Morgan fingerprint density at radius 2 is 2.11 bits per heavy atom. The maximum Gasteiger partial charge on any atom is 0.143 e. The van der Waals surface area contributed by atoms with Gasteiger partial charge < -0.3 is 10.1 Å². The highest BCUT2D eigenvalue weighted by Crippen LogP contribution is 2.34. The van der Waals surface area contributed by atoms with E-state index in [0.717, 1.165) is 27.2 Å². The van der Waals surface area contributed by atoms with Crippen LogP contribution in [-0.2, 0) is 0 Å². The van der Waals surface area contributed by atoms with Gasteiger partial charge in [0.25, 0.3) is 0 Å². The molecular formula is C15H17BrN2O. The minimum atomic E-state index is 0.120. The van der Waals surface area contributed by atoms with Crippen LogP contribution in [0.15, 0.2) is 41.0 Å². The zero-order valence-electron chi connectivity index (χ0n) is 11.3. The SMILES string of the molecule is COc1cc(Br)cc(C)c1NC(C)c1ccccn1. The number of halogens is 1. The molecule has 19 heavy (non-hydrogen) atoms. The van der Waals surface area contributed by atoms with Crippen LogP contribution in [0.2, 0.25) is 0 Å². The summed E-state index contributed by atoms with van der Waals surface area (Å²) in [4.78, 5) is 4.36. The number of rotatable bonds is 4. The largest absolute Gasteiger partial charge is 0.495 e. The Hall–Kier alpha value is -1.55. The zero-order chi connectivity index (χ0) is 13.8. The quantitative estimate of drug-likeness (QED) is 0.910. The summed E-state index contributed by atoms with van der Waals surface area (Å²) in [6.07, 6.45) is 1.80. The zero-order valence-corrected chi connectivity index (χ0v) is 12.9. The molecule has 0 spiro atoms. The lowest BCUT2D eigenvalue weighted by Gasteiger charge is -2.19. The van der Waals surface area contributed by atoms with Crippen molar-refractivity contribution in [2.75, 3.05) is 12.4 Å². The van der Waals surface area contributed by atoms with Gasteiger partial charge in [0, 0.05) is 10.7 Å². The second-order valence-electron chi connectivity index (χ2n) is 4.42. The highest BCUT2D eigenvalue weighted by Gasteiger charge is 2.12. The van der Waals surface area contributed by atoms with E-state index in [-0.39, 0.29) is 6.04 Å². The number of ether oxygens (including phenoxy) is 1. The molecule has 1 heterocycles. The summed E-state index contributed by atoms with van der Waals surface area (Å²) in [5, 5.41) is 3.46. The highest BCUT2D eigenvalue weighted by atomic mass is 79.9. The first kappa shape index (κ1) is 13.9. The number of nitrogens with one attached hydrogen (secondary N) is 1. The summed E-state index contributed by atoms with van der Waals surface area (Å²) in [5.74, 6) is 0.828. The molecule has 0 amide bonds. The lowest BCUT2D eigenvalue weighted by atomic mass is 10.1. The van der Waals surface area contributed by atoms with Gasteiger partial charge >= 0.3 is 0 Å². The normalized spacial score (nSPS) is 12.0. The van der Waals surface area contributed by atoms with Crippen LogP contribution >= 0.6 is 15.9 Å². The topological polar surface area (TPSA) is 34.1 Å². The number of aryl methyl sites for hydroxylation is 1. The van der Waals surface area contributed by atoms with Gasteiger partial charge in [-0.3, -0.25) is 4.98 Å². The number of anilines is 1. The molecule has 1 aromatic carbocycles. The second-order valence-corrected chi connectivity index (χ2v) is 5.34. The number of pyridine rings is 1. The fourth-order valence-corrected chi connectivity index (χ4v) is 2.53. The third-order valence-electron chi connectivity index (χ3n) is 2.98. The van der Waals surface area contributed by atoms with Crippen LogP contribution in [0.4, 0.5) is 5.69 Å². The number of hydrogen-bond donors (Lipinski definition) is 1. The molecule has 2 aromatic rings. The van der Waals surface area contributed by atoms with Crippen LogP contribution in [0.25, 0.3) is 0 Å². The second kappa shape index (κ2) is 6.06. The summed E-state index contributed by atoms with van der Waals surface area (Å²) in [7, 11) is 1.68. The lowest BCUT2D eigenvalue weighted by Crippen LogP contribution is -2.10. The van der Waals surface area contributed by atoms with E-state index in [1.807, 2.05) is 24.3 Å². The molecule has 100 valence electrons. The van der Waals surface area contributed by atoms with Gasteiger partial charge in [0.05, 0.1) is 24.5 Å². The van der Waals surface area contributed by atoms with Gasteiger partial charge in [-0.25, -0.2) is 0 Å². The first-order valence-electron chi connectivity index (χ1n) is 6.13. The van der Waals surface area contributed by atoms with Gasteiger partial charge in [0.2, 0.25) is 0 Å². The molecule has 1 unspecified atom stereocenters. The molecule has 0 aliphatic carbocycles. The Morgan fingerprint density at radius 3 is 2.74 bits per heavy atom. The lowest BCUT2D eigenvalue weighted by molar-refractivity contribution is 0.415. The maximum absolute atomic E-state index is 5.43. The average molecular weight is 321 g/mol. The van der Waals surface area contributed by atoms with E-state index in [0.29, 0.717) is 0 Å². The minimum Gasteiger partial charge on any atom is -0.495 e. The molecule has 2 rings (SSSR count). The van der Waals surface area contributed by atoms with Crippen LogP contribution in [0.1, 0.15) is 24.2 Å². The van der Waals surface area contributed by atoms with E-state index >= 15 is 0 Å². The smallest absolute Gasteiger partial charge is 0.143 e. The third-order valence-corrected chi connectivity index (χ3v) is 3.43. The molecular weight excluding hydrogens is 304 g/mol. The summed E-state index contributed by atoms with van der Waals surface area (Å²) in [6, 6.07) is 10.1. The number of hydrogen-bond acceptors (Lipinski definition) is 3. The van der Waals surface area contributed by atoms with Gasteiger partial charge in [-0.15, -0.1) is 0 Å². The predicted molar refractivity (Wildman–Crippen MR) is 81.7 cm³/mol. The Kier molecular flexibility index (Phi) is 4.43. The van der Waals surface area contributed by atoms with Crippen molar-refractivity contribution < 1.29 is 4.74 Å². The van der Waals surface area contributed by atoms with Crippen LogP contribution in [0.5, 0.6) is 5.75 Å².